The van der Waals surface area contributed by atoms with Gasteiger partial charge in [-0.3, -0.25) is 4.79 Å². The maximum Gasteiger partial charge on any atom is 0.274 e. The second kappa shape index (κ2) is 9.10. The molecule has 0 bridgehead atoms. The summed E-state index contributed by atoms with van der Waals surface area (Å²) in [4.78, 5) is 16.7. The van der Waals surface area contributed by atoms with Crippen molar-refractivity contribution >= 4 is 23.0 Å². The maximum atomic E-state index is 12.4. The predicted octanol–water partition coefficient (Wildman–Crippen LogP) is 5.18. The predicted molar refractivity (Wildman–Crippen MR) is 115 cm³/mol. The molecule has 150 valence electrons. The molecule has 2 aromatic carbocycles. The number of ether oxygens (including phenoxy) is 2. The molecule has 1 aromatic heterocycles. The summed E-state index contributed by atoms with van der Waals surface area (Å²) in [7, 11) is 1.63. The Labute approximate surface area is 170 Å². The minimum absolute atomic E-state index is 0.103. The number of pyridine rings is 1. The van der Waals surface area contributed by atoms with Crippen LogP contribution in [0.15, 0.2) is 60.8 Å². The monoisotopic (exact) mass is 391 g/mol. The molecule has 0 aliphatic rings. The maximum absolute atomic E-state index is 12.4. The molecular weight excluding hydrogens is 366 g/mol. The summed E-state index contributed by atoms with van der Waals surface area (Å²) in [5.41, 5.74) is 3.73. The van der Waals surface area contributed by atoms with E-state index in [0.29, 0.717) is 11.4 Å². The van der Waals surface area contributed by atoms with E-state index in [-0.39, 0.29) is 12.0 Å². The minimum Gasteiger partial charge on any atom is -0.495 e. The van der Waals surface area contributed by atoms with Gasteiger partial charge in [-0.15, -0.1) is 0 Å². The second-order valence-corrected chi connectivity index (χ2v) is 6.91. The van der Waals surface area contributed by atoms with E-state index < -0.39 is 0 Å². The van der Waals surface area contributed by atoms with Crippen molar-refractivity contribution in [1.82, 2.24) is 4.98 Å². The highest BCUT2D eigenvalue weighted by atomic mass is 16.5. The number of rotatable bonds is 7. The Morgan fingerprint density at radius 3 is 2.34 bits per heavy atom. The van der Waals surface area contributed by atoms with Crippen LogP contribution in [0.4, 0.5) is 17.1 Å². The molecular formula is C23H25N3O3. The van der Waals surface area contributed by atoms with Gasteiger partial charge >= 0.3 is 0 Å². The normalized spacial score (nSPS) is 10.5. The summed E-state index contributed by atoms with van der Waals surface area (Å²) in [6.45, 7) is 5.95. The zero-order valence-corrected chi connectivity index (χ0v) is 17.0. The van der Waals surface area contributed by atoms with Gasteiger partial charge in [-0.1, -0.05) is 6.07 Å². The fourth-order valence-electron chi connectivity index (χ4n) is 2.76. The smallest absolute Gasteiger partial charge is 0.274 e. The van der Waals surface area contributed by atoms with Crippen LogP contribution in [-0.4, -0.2) is 24.1 Å². The van der Waals surface area contributed by atoms with Crippen molar-refractivity contribution in [3.05, 3.63) is 72.1 Å². The van der Waals surface area contributed by atoms with Gasteiger partial charge in [-0.25, -0.2) is 4.98 Å². The Morgan fingerprint density at radius 2 is 1.72 bits per heavy atom. The Hall–Kier alpha value is -3.54. The van der Waals surface area contributed by atoms with Gasteiger partial charge in [0.1, 0.15) is 17.2 Å². The molecule has 0 fully saturated rings. The lowest BCUT2D eigenvalue weighted by Crippen LogP contribution is -2.13. The number of benzene rings is 2. The molecule has 3 rings (SSSR count). The number of hydrogen-bond acceptors (Lipinski definition) is 5. The SMILES string of the molecule is COc1ccc(C)cc1Nc1ccc(C(=O)Nc2ccc(OC(C)C)cc2)nc1. The molecule has 6 nitrogen and oxygen atoms in total. The molecule has 0 saturated carbocycles. The first-order valence-corrected chi connectivity index (χ1v) is 9.40. The Morgan fingerprint density at radius 1 is 1.00 bits per heavy atom. The summed E-state index contributed by atoms with van der Waals surface area (Å²) in [6.07, 6.45) is 1.72. The highest BCUT2D eigenvalue weighted by molar-refractivity contribution is 6.03. The van der Waals surface area contributed by atoms with Gasteiger partial charge in [-0.05, 0) is 74.9 Å². The van der Waals surface area contributed by atoms with Gasteiger partial charge in [0.05, 0.1) is 30.8 Å². The Balaban J connectivity index is 1.65. The van der Waals surface area contributed by atoms with Crippen LogP contribution < -0.4 is 20.1 Å². The number of methoxy groups -OCH3 is 1. The topological polar surface area (TPSA) is 72.5 Å². The average molecular weight is 391 g/mol. The number of amides is 1. The quantitative estimate of drug-likeness (QED) is 0.580. The van der Waals surface area contributed by atoms with Gasteiger partial charge in [-0.2, -0.15) is 0 Å². The number of carbonyl (C=O) groups is 1. The summed E-state index contributed by atoms with van der Waals surface area (Å²) in [5.74, 6) is 1.22. The van der Waals surface area contributed by atoms with Crippen LogP contribution in [0.3, 0.4) is 0 Å². The van der Waals surface area contributed by atoms with Gasteiger partial charge < -0.3 is 20.1 Å². The first-order chi connectivity index (χ1) is 13.9. The summed E-state index contributed by atoms with van der Waals surface area (Å²) in [5, 5.41) is 6.10. The van der Waals surface area contributed by atoms with Crippen molar-refractivity contribution in [3.63, 3.8) is 0 Å². The standard InChI is InChI=1S/C23H25N3O3/c1-15(2)29-19-9-6-17(7-10-19)26-23(27)20-11-8-18(14-24-20)25-21-13-16(3)5-12-22(21)28-4/h5-15,25H,1-4H3,(H,26,27). The molecule has 2 N–H and O–H groups in total. The second-order valence-electron chi connectivity index (χ2n) is 6.91. The Bertz CT molecular complexity index is 968. The minimum atomic E-state index is -0.276. The lowest BCUT2D eigenvalue weighted by Gasteiger charge is -2.12. The number of carbonyl (C=O) groups excluding carboxylic acids is 1. The fourth-order valence-corrected chi connectivity index (χ4v) is 2.76. The van der Waals surface area contributed by atoms with Crippen LogP contribution in [0.5, 0.6) is 11.5 Å². The van der Waals surface area contributed by atoms with Crippen LogP contribution in [0.25, 0.3) is 0 Å². The van der Waals surface area contributed by atoms with E-state index >= 15 is 0 Å². The highest BCUT2D eigenvalue weighted by Gasteiger charge is 2.09. The molecule has 0 spiro atoms. The molecule has 6 heteroatoms. The molecule has 1 amide bonds. The lowest BCUT2D eigenvalue weighted by atomic mass is 10.2. The largest absolute Gasteiger partial charge is 0.495 e. The van der Waals surface area contributed by atoms with Crippen molar-refractivity contribution in [3.8, 4) is 11.5 Å². The van der Waals surface area contributed by atoms with E-state index in [1.54, 1.807) is 31.5 Å². The molecule has 0 unspecified atom stereocenters. The van der Waals surface area contributed by atoms with Crippen LogP contribution in [0.2, 0.25) is 0 Å². The molecule has 0 aliphatic carbocycles. The zero-order valence-electron chi connectivity index (χ0n) is 17.0. The van der Waals surface area contributed by atoms with E-state index in [1.807, 2.05) is 57.2 Å². The molecule has 0 aliphatic heterocycles. The number of nitrogens with one attached hydrogen (secondary N) is 2. The number of aromatic nitrogens is 1. The summed E-state index contributed by atoms with van der Waals surface area (Å²) >= 11 is 0. The van der Waals surface area contributed by atoms with Crippen molar-refractivity contribution < 1.29 is 14.3 Å². The highest BCUT2D eigenvalue weighted by Crippen LogP contribution is 2.28. The third-order valence-corrected chi connectivity index (χ3v) is 4.11. The van der Waals surface area contributed by atoms with Crippen LogP contribution in [0.1, 0.15) is 29.9 Å². The number of anilines is 3. The van der Waals surface area contributed by atoms with Crippen molar-refractivity contribution in [2.75, 3.05) is 17.7 Å². The fraction of sp³-hybridized carbons (Fsp3) is 0.217. The molecule has 0 saturated heterocycles. The van der Waals surface area contributed by atoms with Gasteiger partial charge in [0.2, 0.25) is 0 Å². The van der Waals surface area contributed by atoms with E-state index in [2.05, 4.69) is 15.6 Å². The number of aryl methyl sites for hydroxylation is 1. The van der Waals surface area contributed by atoms with Crippen molar-refractivity contribution in [1.29, 1.82) is 0 Å². The van der Waals surface area contributed by atoms with Crippen molar-refractivity contribution in [2.24, 2.45) is 0 Å². The van der Waals surface area contributed by atoms with E-state index in [1.165, 1.54) is 0 Å². The zero-order chi connectivity index (χ0) is 20.8. The molecule has 0 atom stereocenters. The molecule has 1 heterocycles. The first kappa shape index (κ1) is 20.2. The van der Waals surface area contributed by atoms with Crippen LogP contribution >= 0.6 is 0 Å². The molecule has 3 aromatic rings. The van der Waals surface area contributed by atoms with E-state index in [4.69, 9.17) is 9.47 Å². The van der Waals surface area contributed by atoms with Gasteiger partial charge in [0.25, 0.3) is 5.91 Å². The van der Waals surface area contributed by atoms with Crippen LogP contribution in [0, 0.1) is 6.92 Å². The molecule has 0 radical (unpaired) electrons. The average Bonchev–Trinajstić information content (AvgIpc) is 2.70. The number of nitrogens with zero attached hydrogens (tertiary/aromatic N) is 1. The van der Waals surface area contributed by atoms with Crippen molar-refractivity contribution in [2.45, 2.75) is 26.9 Å². The lowest BCUT2D eigenvalue weighted by molar-refractivity contribution is 0.102. The third kappa shape index (κ3) is 5.48. The van der Waals surface area contributed by atoms with E-state index in [9.17, 15) is 4.79 Å². The molecule has 29 heavy (non-hydrogen) atoms. The summed E-state index contributed by atoms with van der Waals surface area (Å²) < 4.78 is 11.0. The van der Waals surface area contributed by atoms with E-state index in [0.717, 1.165) is 28.4 Å². The summed E-state index contributed by atoms with van der Waals surface area (Å²) in [6, 6.07) is 16.6. The van der Waals surface area contributed by atoms with Crippen LogP contribution in [-0.2, 0) is 0 Å². The third-order valence-electron chi connectivity index (χ3n) is 4.11. The number of hydrogen-bond donors (Lipinski definition) is 2. The van der Waals surface area contributed by atoms with Gasteiger partial charge in [0.15, 0.2) is 0 Å². The van der Waals surface area contributed by atoms with Gasteiger partial charge in [0, 0.05) is 5.69 Å². The first-order valence-electron chi connectivity index (χ1n) is 9.40. The Kier molecular flexibility index (Phi) is 6.34.